The molecule has 3 N–H and O–H groups in total. The van der Waals surface area contributed by atoms with Gasteiger partial charge in [-0.15, -0.1) is 0 Å². The third-order valence-corrected chi connectivity index (χ3v) is 3.17. The fraction of sp³-hybridized carbons (Fsp3) is 0.200. The molecule has 1 heterocycles. The van der Waals surface area contributed by atoms with Crippen LogP contribution in [0, 0.1) is 5.82 Å². The minimum Gasteiger partial charge on any atom is -0.488 e. The van der Waals surface area contributed by atoms with Crippen LogP contribution in [0.3, 0.4) is 0 Å². The van der Waals surface area contributed by atoms with Crippen molar-refractivity contribution in [3.63, 3.8) is 0 Å². The zero-order valence-corrected chi connectivity index (χ0v) is 10.4. The van der Waals surface area contributed by atoms with Crippen molar-refractivity contribution >= 4 is 11.4 Å². The Kier molecular flexibility index (Phi) is 2.99. The van der Waals surface area contributed by atoms with Crippen molar-refractivity contribution in [3.8, 4) is 5.75 Å². The number of ether oxygens (including phenoxy) is 1. The first-order chi connectivity index (χ1) is 9.20. The van der Waals surface area contributed by atoms with Gasteiger partial charge in [-0.3, -0.25) is 0 Å². The number of rotatable bonds is 3. The minimum absolute atomic E-state index is 0.0712. The summed E-state index contributed by atoms with van der Waals surface area (Å²) in [5, 5.41) is 3.16. The second-order valence-electron chi connectivity index (χ2n) is 4.71. The van der Waals surface area contributed by atoms with E-state index in [0.29, 0.717) is 17.9 Å². The highest BCUT2D eigenvalue weighted by atomic mass is 19.1. The van der Waals surface area contributed by atoms with Gasteiger partial charge in [-0.2, -0.15) is 0 Å². The topological polar surface area (TPSA) is 47.3 Å². The van der Waals surface area contributed by atoms with Gasteiger partial charge in [0.05, 0.1) is 6.54 Å². The summed E-state index contributed by atoms with van der Waals surface area (Å²) in [4.78, 5) is 0. The first-order valence-corrected chi connectivity index (χ1v) is 6.25. The lowest BCUT2D eigenvalue weighted by Gasteiger charge is -2.13. The summed E-state index contributed by atoms with van der Waals surface area (Å²) < 4.78 is 19.0. The number of nitrogens with two attached hydrogens (primary N) is 1. The van der Waals surface area contributed by atoms with Crippen LogP contribution in [0.2, 0.25) is 0 Å². The zero-order valence-electron chi connectivity index (χ0n) is 10.4. The number of fused-ring (bicyclic) bond motifs is 1. The first-order valence-electron chi connectivity index (χ1n) is 6.25. The Labute approximate surface area is 111 Å². The Bertz CT molecular complexity index is 555. The Hall–Kier alpha value is -2.23. The second-order valence-corrected chi connectivity index (χ2v) is 4.71. The van der Waals surface area contributed by atoms with E-state index in [4.69, 9.17) is 10.5 Å². The number of nitrogens with one attached hydrogen (secondary N) is 1. The van der Waals surface area contributed by atoms with Gasteiger partial charge in [0.25, 0.3) is 0 Å². The van der Waals surface area contributed by atoms with Gasteiger partial charge in [-0.05, 0) is 29.8 Å². The van der Waals surface area contributed by atoms with E-state index in [1.165, 1.54) is 17.7 Å². The molecule has 2 aromatic carbocycles. The van der Waals surface area contributed by atoms with Crippen molar-refractivity contribution in [1.29, 1.82) is 0 Å². The summed E-state index contributed by atoms with van der Waals surface area (Å²) in [7, 11) is 0. The van der Waals surface area contributed by atoms with Gasteiger partial charge < -0.3 is 15.8 Å². The Morgan fingerprint density at radius 2 is 2.11 bits per heavy atom. The molecule has 0 aliphatic carbocycles. The fourth-order valence-corrected chi connectivity index (χ4v) is 2.31. The normalized spacial score (nSPS) is 16.8. The smallest absolute Gasteiger partial charge is 0.127 e. The molecule has 0 saturated carbocycles. The van der Waals surface area contributed by atoms with Crippen LogP contribution < -0.4 is 15.8 Å². The van der Waals surface area contributed by atoms with E-state index in [9.17, 15) is 4.39 Å². The zero-order chi connectivity index (χ0) is 13.2. The Morgan fingerprint density at radius 1 is 1.26 bits per heavy atom. The largest absolute Gasteiger partial charge is 0.488 e. The Morgan fingerprint density at radius 3 is 2.89 bits per heavy atom. The lowest BCUT2D eigenvalue weighted by molar-refractivity contribution is 0.246. The summed E-state index contributed by atoms with van der Waals surface area (Å²) in [6, 6.07) is 12.4. The Balaban J connectivity index is 1.62. The van der Waals surface area contributed by atoms with Crippen LogP contribution in [0.25, 0.3) is 0 Å². The maximum atomic E-state index is 13.2. The molecule has 3 rings (SSSR count). The molecule has 0 fully saturated rings. The molecule has 1 atom stereocenters. The van der Waals surface area contributed by atoms with Crippen LogP contribution in [0.1, 0.15) is 5.56 Å². The highest BCUT2D eigenvalue weighted by Gasteiger charge is 2.21. The predicted octanol–water partition coefficient (Wildman–Crippen LogP) is 2.82. The summed E-state index contributed by atoms with van der Waals surface area (Å²) >= 11 is 0. The molecule has 0 spiro atoms. The monoisotopic (exact) mass is 258 g/mol. The number of halogens is 1. The number of para-hydroxylation sites is 1. The van der Waals surface area contributed by atoms with Gasteiger partial charge in [-0.1, -0.05) is 18.2 Å². The van der Waals surface area contributed by atoms with E-state index in [0.717, 1.165) is 12.2 Å². The molecule has 0 bridgehead atoms. The van der Waals surface area contributed by atoms with Crippen LogP contribution >= 0.6 is 0 Å². The van der Waals surface area contributed by atoms with E-state index in [1.807, 2.05) is 18.2 Å². The van der Waals surface area contributed by atoms with Crippen molar-refractivity contribution < 1.29 is 9.13 Å². The van der Waals surface area contributed by atoms with Crippen LogP contribution in [0.15, 0.2) is 42.5 Å². The molecule has 1 aliphatic heterocycles. The number of anilines is 2. The van der Waals surface area contributed by atoms with Crippen molar-refractivity contribution in [3.05, 3.63) is 53.8 Å². The van der Waals surface area contributed by atoms with Crippen molar-refractivity contribution in [2.24, 2.45) is 0 Å². The molecule has 3 nitrogen and oxygen atoms in total. The van der Waals surface area contributed by atoms with Crippen LogP contribution in [-0.2, 0) is 6.42 Å². The molecule has 0 amide bonds. The number of hydrogen-bond donors (Lipinski definition) is 2. The average molecular weight is 258 g/mol. The van der Waals surface area contributed by atoms with Gasteiger partial charge in [-0.25, -0.2) is 4.39 Å². The van der Waals surface area contributed by atoms with E-state index >= 15 is 0 Å². The molecule has 0 radical (unpaired) electrons. The lowest BCUT2D eigenvalue weighted by Crippen LogP contribution is -2.24. The average Bonchev–Trinajstić information content (AvgIpc) is 2.78. The molecule has 1 aliphatic rings. The minimum atomic E-state index is -0.335. The van der Waals surface area contributed by atoms with Crippen molar-refractivity contribution in [2.75, 3.05) is 17.6 Å². The molecular formula is C15H15FN2O. The van der Waals surface area contributed by atoms with Gasteiger partial charge in [0.1, 0.15) is 17.7 Å². The number of hydrogen-bond acceptors (Lipinski definition) is 3. The lowest BCUT2D eigenvalue weighted by atomic mass is 10.1. The summed E-state index contributed by atoms with van der Waals surface area (Å²) in [5.41, 5.74) is 7.91. The third-order valence-electron chi connectivity index (χ3n) is 3.17. The van der Waals surface area contributed by atoms with E-state index in [2.05, 4.69) is 11.4 Å². The molecule has 2 aromatic rings. The van der Waals surface area contributed by atoms with Gasteiger partial charge in [0.2, 0.25) is 0 Å². The molecule has 4 heteroatoms. The maximum Gasteiger partial charge on any atom is 0.127 e. The van der Waals surface area contributed by atoms with Crippen LogP contribution in [0.5, 0.6) is 5.75 Å². The highest BCUT2D eigenvalue weighted by molar-refractivity contribution is 5.54. The van der Waals surface area contributed by atoms with Crippen molar-refractivity contribution in [2.45, 2.75) is 12.5 Å². The van der Waals surface area contributed by atoms with Crippen LogP contribution in [0.4, 0.5) is 15.8 Å². The van der Waals surface area contributed by atoms with E-state index in [-0.39, 0.29) is 11.9 Å². The van der Waals surface area contributed by atoms with Gasteiger partial charge in [0.15, 0.2) is 0 Å². The molecule has 0 saturated heterocycles. The van der Waals surface area contributed by atoms with E-state index < -0.39 is 0 Å². The predicted molar refractivity (Wildman–Crippen MR) is 73.9 cm³/mol. The fourth-order valence-electron chi connectivity index (χ4n) is 2.31. The van der Waals surface area contributed by atoms with Crippen LogP contribution in [-0.4, -0.2) is 12.6 Å². The summed E-state index contributed by atoms with van der Waals surface area (Å²) in [6.45, 7) is 0.623. The highest BCUT2D eigenvalue weighted by Crippen LogP contribution is 2.28. The molecule has 98 valence electrons. The third kappa shape index (κ3) is 2.62. The molecular weight excluding hydrogens is 243 g/mol. The number of nitrogen functional groups attached to an aromatic ring is 1. The first kappa shape index (κ1) is 11.8. The summed E-state index contributed by atoms with van der Waals surface area (Å²) in [5.74, 6) is 0.603. The summed E-state index contributed by atoms with van der Waals surface area (Å²) in [6.07, 6.45) is 0.940. The van der Waals surface area contributed by atoms with E-state index in [1.54, 1.807) is 6.07 Å². The molecule has 19 heavy (non-hydrogen) atoms. The molecule has 0 aromatic heterocycles. The van der Waals surface area contributed by atoms with Crippen molar-refractivity contribution in [1.82, 2.24) is 0 Å². The quantitative estimate of drug-likeness (QED) is 0.832. The van der Waals surface area contributed by atoms with Gasteiger partial charge in [0, 0.05) is 17.8 Å². The van der Waals surface area contributed by atoms with Gasteiger partial charge >= 0.3 is 0 Å². The maximum absolute atomic E-state index is 13.2. The number of benzene rings is 2. The SMILES string of the molecule is Nc1cc(F)cc(NCC2Cc3ccccc3O2)c1. The molecule has 1 unspecified atom stereocenters. The second kappa shape index (κ2) is 4.80. The standard InChI is InChI=1S/C15H15FN2O/c16-11-6-12(17)8-13(7-11)18-9-14-5-10-3-1-2-4-15(10)19-14/h1-4,6-8,14,18H,5,9,17H2.